The Kier molecular flexibility index (Phi) is 4.16. The van der Waals surface area contributed by atoms with E-state index in [2.05, 4.69) is 13.8 Å². The van der Waals surface area contributed by atoms with Crippen molar-refractivity contribution in [2.75, 3.05) is 6.61 Å². The number of carbonyl (C=O) groups excluding carboxylic acids is 1. The third kappa shape index (κ3) is 2.40. The van der Waals surface area contributed by atoms with Gasteiger partial charge in [0.2, 0.25) is 0 Å². The van der Waals surface area contributed by atoms with Crippen LogP contribution in [0, 0.1) is 11.3 Å². The van der Waals surface area contributed by atoms with Gasteiger partial charge in [-0.05, 0) is 24.3 Å². The molecule has 1 saturated carbocycles. The molecule has 2 aliphatic rings. The van der Waals surface area contributed by atoms with E-state index in [9.17, 15) is 25.2 Å². The van der Waals surface area contributed by atoms with Crippen LogP contribution in [0.4, 0.5) is 0 Å². The highest BCUT2D eigenvalue weighted by atomic mass is 16.3. The van der Waals surface area contributed by atoms with Gasteiger partial charge in [0.25, 0.3) is 0 Å². The monoisotopic (exact) mass is 348 g/mol. The maximum atomic E-state index is 13.0. The van der Waals surface area contributed by atoms with Crippen molar-refractivity contribution in [2.45, 2.75) is 64.4 Å². The molecule has 4 N–H and O–H groups in total. The van der Waals surface area contributed by atoms with Gasteiger partial charge in [0.1, 0.15) is 17.6 Å². The van der Waals surface area contributed by atoms with Crippen LogP contribution in [0.15, 0.2) is 6.07 Å². The standard InChI is InChI=1S/C20H28O5/c1-10(9-21)11-8-12(22)14-13(15(11)23)16(24)17(25)18-19(2,3)6-5-7-20(14,18)4/h8,10,17-18,21-23,25H,5-7,9H2,1-4H3/t10-,17+,18-,20-/m1/s1. The molecule has 0 radical (unpaired) electrons. The second-order valence-electron chi connectivity index (χ2n) is 8.71. The van der Waals surface area contributed by atoms with Crippen molar-refractivity contribution in [3.8, 4) is 11.5 Å². The molecule has 0 heterocycles. The number of carbonyl (C=O) groups is 1. The molecular formula is C20H28O5. The first-order chi connectivity index (χ1) is 11.6. The predicted molar refractivity (Wildman–Crippen MR) is 94.1 cm³/mol. The molecule has 1 aromatic rings. The molecule has 2 aliphatic carbocycles. The summed E-state index contributed by atoms with van der Waals surface area (Å²) in [7, 11) is 0. The lowest BCUT2D eigenvalue weighted by Gasteiger charge is -2.55. The average Bonchev–Trinajstić information content (AvgIpc) is 2.52. The Labute approximate surface area is 148 Å². The molecule has 0 bridgehead atoms. The van der Waals surface area contributed by atoms with Crippen LogP contribution in [0.3, 0.4) is 0 Å². The van der Waals surface area contributed by atoms with Crippen LogP contribution in [0.2, 0.25) is 0 Å². The average molecular weight is 348 g/mol. The van der Waals surface area contributed by atoms with E-state index in [0.29, 0.717) is 11.1 Å². The van der Waals surface area contributed by atoms with Crippen LogP contribution in [0.1, 0.15) is 74.4 Å². The Morgan fingerprint density at radius 2 is 1.88 bits per heavy atom. The normalized spacial score (nSPS) is 32.0. The quantitative estimate of drug-likeness (QED) is 0.616. The molecule has 4 atom stereocenters. The lowest BCUT2D eigenvalue weighted by atomic mass is 9.49. The first kappa shape index (κ1) is 18.2. The number of aliphatic hydroxyl groups excluding tert-OH is 2. The van der Waals surface area contributed by atoms with E-state index in [-0.39, 0.29) is 35.0 Å². The number of benzene rings is 1. The minimum atomic E-state index is -1.21. The zero-order chi connectivity index (χ0) is 18.7. The number of fused-ring (bicyclic) bond motifs is 3. The van der Waals surface area contributed by atoms with Gasteiger partial charge in [-0.3, -0.25) is 4.79 Å². The minimum Gasteiger partial charge on any atom is -0.508 e. The minimum absolute atomic E-state index is 0.0271. The highest BCUT2D eigenvalue weighted by Gasteiger charge is 2.58. The van der Waals surface area contributed by atoms with Gasteiger partial charge in [-0.15, -0.1) is 0 Å². The Balaban J connectivity index is 2.32. The topological polar surface area (TPSA) is 98.0 Å². The van der Waals surface area contributed by atoms with Crippen LogP contribution in [0.5, 0.6) is 11.5 Å². The molecule has 0 amide bonds. The number of ketones is 1. The van der Waals surface area contributed by atoms with E-state index < -0.39 is 23.2 Å². The van der Waals surface area contributed by atoms with Crippen molar-refractivity contribution >= 4 is 5.78 Å². The Bertz CT molecular complexity index is 723. The number of aliphatic hydroxyl groups is 2. The van der Waals surface area contributed by atoms with Gasteiger partial charge in [0.15, 0.2) is 5.78 Å². The summed E-state index contributed by atoms with van der Waals surface area (Å²) in [6.45, 7) is 7.57. The molecular weight excluding hydrogens is 320 g/mol. The van der Waals surface area contributed by atoms with Crippen LogP contribution in [-0.4, -0.2) is 38.9 Å². The summed E-state index contributed by atoms with van der Waals surface area (Å²) < 4.78 is 0. The van der Waals surface area contributed by atoms with E-state index in [1.807, 2.05) is 6.92 Å². The van der Waals surface area contributed by atoms with Crippen molar-refractivity contribution in [3.05, 3.63) is 22.8 Å². The second kappa shape index (κ2) is 5.71. The molecule has 0 aromatic heterocycles. The largest absolute Gasteiger partial charge is 0.508 e. The van der Waals surface area contributed by atoms with Crippen molar-refractivity contribution in [1.29, 1.82) is 0 Å². The van der Waals surface area contributed by atoms with Gasteiger partial charge < -0.3 is 20.4 Å². The summed E-state index contributed by atoms with van der Waals surface area (Å²) in [5.41, 5.74) is -0.0334. The van der Waals surface area contributed by atoms with Crippen LogP contribution in [-0.2, 0) is 5.41 Å². The summed E-state index contributed by atoms with van der Waals surface area (Å²) in [5.74, 6) is -1.53. The highest BCUT2D eigenvalue weighted by molar-refractivity contribution is 6.06. The molecule has 1 aromatic carbocycles. The molecule has 0 unspecified atom stereocenters. The lowest BCUT2D eigenvalue weighted by Crippen LogP contribution is -2.56. The second-order valence-corrected chi connectivity index (χ2v) is 8.71. The fourth-order valence-corrected chi connectivity index (χ4v) is 5.41. The van der Waals surface area contributed by atoms with Crippen molar-refractivity contribution < 1.29 is 25.2 Å². The van der Waals surface area contributed by atoms with E-state index in [1.54, 1.807) is 6.92 Å². The smallest absolute Gasteiger partial charge is 0.195 e. The van der Waals surface area contributed by atoms with Crippen molar-refractivity contribution in [1.82, 2.24) is 0 Å². The molecule has 1 fully saturated rings. The van der Waals surface area contributed by atoms with Gasteiger partial charge in [-0.1, -0.05) is 34.1 Å². The first-order valence-electron chi connectivity index (χ1n) is 8.98. The van der Waals surface area contributed by atoms with Crippen LogP contribution < -0.4 is 0 Å². The maximum Gasteiger partial charge on any atom is 0.195 e. The van der Waals surface area contributed by atoms with Crippen LogP contribution >= 0.6 is 0 Å². The molecule has 5 nitrogen and oxygen atoms in total. The van der Waals surface area contributed by atoms with Crippen LogP contribution in [0.25, 0.3) is 0 Å². The molecule has 138 valence electrons. The molecule has 0 spiro atoms. The SMILES string of the molecule is C[C@H](CO)c1cc(O)c2c(c1O)C(=O)[C@H](O)[C@@H]1C(C)(C)CCC[C@]21C. The van der Waals surface area contributed by atoms with E-state index in [4.69, 9.17) is 0 Å². The fraction of sp³-hybridized carbons (Fsp3) is 0.650. The van der Waals surface area contributed by atoms with Gasteiger partial charge in [0, 0.05) is 35.0 Å². The number of Topliss-reactive ketones (excluding diaryl/α,β-unsaturated/α-hetero) is 1. The molecule has 0 aliphatic heterocycles. The Hall–Kier alpha value is -1.59. The van der Waals surface area contributed by atoms with Crippen molar-refractivity contribution in [3.63, 3.8) is 0 Å². The number of rotatable bonds is 2. The fourth-order valence-electron chi connectivity index (χ4n) is 5.41. The molecule has 25 heavy (non-hydrogen) atoms. The maximum absolute atomic E-state index is 13.0. The van der Waals surface area contributed by atoms with Gasteiger partial charge in [-0.2, -0.15) is 0 Å². The number of phenols is 2. The third-order valence-electron chi connectivity index (χ3n) is 6.56. The van der Waals surface area contributed by atoms with E-state index in [1.165, 1.54) is 6.07 Å². The lowest BCUT2D eigenvalue weighted by molar-refractivity contribution is -0.0398. The van der Waals surface area contributed by atoms with E-state index in [0.717, 1.165) is 19.3 Å². The highest BCUT2D eigenvalue weighted by Crippen LogP contribution is 2.60. The number of aromatic hydroxyl groups is 2. The first-order valence-corrected chi connectivity index (χ1v) is 8.98. The summed E-state index contributed by atoms with van der Waals surface area (Å²) in [6, 6.07) is 1.46. The summed E-state index contributed by atoms with van der Waals surface area (Å²) in [4.78, 5) is 13.0. The molecule has 0 saturated heterocycles. The number of hydrogen-bond acceptors (Lipinski definition) is 5. The third-order valence-corrected chi connectivity index (χ3v) is 6.56. The predicted octanol–water partition coefficient (Wildman–Crippen LogP) is 2.83. The zero-order valence-corrected chi connectivity index (χ0v) is 15.3. The Morgan fingerprint density at radius 3 is 2.48 bits per heavy atom. The van der Waals surface area contributed by atoms with Gasteiger partial charge in [-0.25, -0.2) is 0 Å². The Morgan fingerprint density at radius 1 is 1.24 bits per heavy atom. The van der Waals surface area contributed by atoms with E-state index >= 15 is 0 Å². The van der Waals surface area contributed by atoms with Gasteiger partial charge >= 0.3 is 0 Å². The van der Waals surface area contributed by atoms with Crippen molar-refractivity contribution in [2.24, 2.45) is 11.3 Å². The summed E-state index contributed by atoms with van der Waals surface area (Å²) >= 11 is 0. The molecule has 3 rings (SSSR count). The summed E-state index contributed by atoms with van der Waals surface area (Å²) in [6.07, 6.45) is 1.35. The molecule has 5 heteroatoms. The number of hydrogen-bond donors (Lipinski definition) is 4. The zero-order valence-electron chi connectivity index (χ0n) is 15.3. The van der Waals surface area contributed by atoms with Gasteiger partial charge in [0.05, 0.1) is 5.56 Å². The number of phenolic OH excluding ortho intramolecular Hbond substituents is 2. The summed E-state index contributed by atoms with van der Waals surface area (Å²) in [5, 5.41) is 41.7.